The maximum atomic E-state index is 11.8. The average Bonchev–Trinajstić information content (AvgIpc) is 2.85. The summed E-state index contributed by atoms with van der Waals surface area (Å²) in [5, 5.41) is 9.75. The van der Waals surface area contributed by atoms with Gasteiger partial charge in [0.05, 0.1) is 12.8 Å². The van der Waals surface area contributed by atoms with Crippen molar-refractivity contribution < 1.29 is 9.53 Å². The molecule has 8 heteroatoms. The molecule has 0 atom stereocenters. The highest BCUT2D eigenvalue weighted by Gasteiger charge is 2.08. The third-order valence-electron chi connectivity index (χ3n) is 2.42. The van der Waals surface area contributed by atoms with E-state index in [0.717, 1.165) is 0 Å². The molecular formula is C12H15N5O2S. The van der Waals surface area contributed by atoms with Crippen LogP contribution in [0.1, 0.15) is 6.42 Å². The van der Waals surface area contributed by atoms with Gasteiger partial charge in [-0.3, -0.25) is 4.79 Å². The summed E-state index contributed by atoms with van der Waals surface area (Å²) in [6.07, 6.45) is 0.344. The molecule has 1 aromatic carbocycles. The number of hydrogen-bond donors (Lipinski definition) is 3. The number of para-hydroxylation sites is 2. The van der Waals surface area contributed by atoms with Crippen molar-refractivity contribution in [1.29, 1.82) is 0 Å². The number of nitrogens with zero attached hydrogens (tertiary/aromatic N) is 2. The van der Waals surface area contributed by atoms with Crippen LogP contribution in [0.25, 0.3) is 0 Å². The molecule has 1 aromatic heterocycles. The van der Waals surface area contributed by atoms with E-state index in [1.165, 1.54) is 11.8 Å². The van der Waals surface area contributed by atoms with E-state index in [4.69, 9.17) is 10.5 Å². The van der Waals surface area contributed by atoms with Crippen molar-refractivity contribution in [3.8, 4) is 5.75 Å². The van der Waals surface area contributed by atoms with E-state index in [1.807, 2.05) is 12.1 Å². The molecule has 1 amide bonds. The Balaban J connectivity index is 1.80. The molecule has 1 heterocycles. The first-order valence-electron chi connectivity index (χ1n) is 5.92. The van der Waals surface area contributed by atoms with Gasteiger partial charge in [-0.1, -0.05) is 23.9 Å². The van der Waals surface area contributed by atoms with Crippen molar-refractivity contribution in [2.75, 3.05) is 23.9 Å². The summed E-state index contributed by atoms with van der Waals surface area (Å²) in [6.45, 7) is 0. The van der Waals surface area contributed by atoms with Gasteiger partial charge in [-0.25, -0.2) is 5.10 Å². The molecule has 0 saturated heterocycles. The molecule has 106 valence electrons. The third-order valence-corrected chi connectivity index (χ3v) is 3.27. The minimum atomic E-state index is -0.0921. The number of aromatic amines is 1. The van der Waals surface area contributed by atoms with E-state index in [2.05, 4.69) is 20.5 Å². The Hall–Kier alpha value is -2.22. The lowest BCUT2D eigenvalue weighted by Gasteiger charge is -2.09. The van der Waals surface area contributed by atoms with Crippen molar-refractivity contribution in [1.82, 2.24) is 15.2 Å². The maximum Gasteiger partial charge on any atom is 0.225 e. The molecule has 4 N–H and O–H groups in total. The molecule has 0 aliphatic heterocycles. The summed E-state index contributed by atoms with van der Waals surface area (Å²) in [5.41, 5.74) is 6.07. The Labute approximate surface area is 120 Å². The van der Waals surface area contributed by atoms with Gasteiger partial charge >= 0.3 is 0 Å². The molecule has 7 nitrogen and oxygen atoms in total. The van der Waals surface area contributed by atoms with Crippen LogP contribution >= 0.6 is 11.8 Å². The number of anilines is 2. The third kappa shape index (κ3) is 3.89. The molecule has 0 spiro atoms. The summed E-state index contributed by atoms with van der Waals surface area (Å²) < 4.78 is 5.16. The van der Waals surface area contributed by atoms with Crippen LogP contribution in [0.15, 0.2) is 29.4 Å². The van der Waals surface area contributed by atoms with E-state index in [1.54, 1.807) is 19.2 Å². The number of aromatic nitrogens is 3. The first-order valence-corrected chi connectivity index (χ1v) is 6.91. The van der Waals surface area contributed by atoms with Crippen LogP contribution in [0.5, 0.6) is 5.75 Å². The number of benzene rings is 1. The van der Waals surface area contributed by atoms with E-state index in [9.17, 15) is 4.79 Å². The van der Waals surface area contributed by atoms with Gasteiger partial charge in [0.15, 0.2) is 0 Å². The Morgan fingerprint density at radius 1 is 1.50 bits per heavy atom. The van der Waals surface area contributed by atoms with Gasteiger partial charge in [0.2, 0.25) is 17.0 Å². The lowest BCUT2D eigenvalue weighted by atomic mass is 10.3. The molecule has 20 heavy (non-hydrogen) atoms. The monoisotopic (exact) mass is 293 g/mol. The molecule has 0 fully saturated rings. The van der Waals surface area contributed by atoms with Gasteiger partial charge in [0, 0.05) is 12.2 Å². The number of rotatable bonds is 6. The number of ether oxygens (including phenoxy) is 1. The lowest BCUT2D eigenvalue weighted by Crippen LogP contribution is -2.12. The molecule has 0 saturated carbocycles. The number of nitrogens with two attached hydrogens (primary N) is 1. The number of nitrogen functional groups attached to an aromatic ring is 1. The molecule has 0 aliphatic rings. The van der Waals surface area contributed by atoms with Crippen LogP contribution < -0.4 is 15.8 Å². The van der Waals surface area contributed by atoms with Crippen molar-refractivity contribution in [3.63, 3.8) is 0 Å². The van der Waals surface area contributed by atoms with Crippen molar-refractivity contribution in [2.24, 2.45) is 0 Å². The Kier molecular flexibility index (Phi) is 4.83. The standard InChI is InChI=1S/C12H15N5O2S/c1-19-9-5-3-2-4-8(9)14-10(18)6-7-20-12-15-11(13)16-17-12/h2-5H,6-7H2,1H3,(H,14,18)(H3,13,15,16,17). The number of amides is 1. The minimum Gasteiger partial charge on any atom is -0.495 e. The maximum absolute atomic E-state index is 11.8. The van der Waals surface area contributed by atoms with Gasteiger partial charge in [-0.05, 0) is 12.1 Å². The lowest BCUT2D eigenvalue weighted by molar-refractivity contribution is -0.115. The van der Waals surface area contributed by atoms with Gasteiger partial charge in [0.25, 0.3) is 0 Å². The normalized spacial score (nSPS) is 10.2. The second kappa shape index (κ2) is 6.80. The van der Waals surface area contributed by atoms with Crippen molar-refractivity contribution in [2.45, 2.75) is 11.6 Å². The van der Waals surface area contributed by atoms with Crippen LogP contribution in [0.3, 0.4) is 0 Å². The van der Waals surface area contributed by atoms with Gasteiger partial charge in [0.1, 0.15) is 5.75 Å². The molecule has 0 aliphatic carbocycles. The molecule has 0 unspecified atom stereocenters. The van der Waals surface area contributed by atoms with Crippen LogP contribution in [0, 0.1) is 0 Å². The smallest absolute Gasteiger partial charge is 0.225 e. The highest BCUT2D eigenvalue weighted by Crippen LogP contribution is 2.23. The number of carbonyl (C=O) groups is 1. The fraction of sp³-hybridized carbons (Fsp3) is 0.250. The fourth-order valence-corrected chi connectivity index (χ4v) is 2.26. The zero-order chi connectivity index (χ0) is 14.4. The highest BCUT2D eigenvalue weighted by molar-refractivity contribution is 7.99. The first kappa shape index (κ1) is 14.2. The Morgan fingerprint density at radius 3 is 3.00 bits per heavy atom. The van der Waals surface area contributed by atoms with E-state index in [-0.39, 0.29) is 11.9 Å². The Morgan fingerprint density at radius 2 is 2.30 bits per heavy atom. The predicted octanol–water partition coefficient (Wildman–Crippen LogP) is 1.52. The topological polar surface area (TPSA) is 106 Å². The molecule has 0 bridgehead atoms. The molecule has 0 radical (unpaired) electrons. The first-order chi connectivity index (χ1) is 9.69. The average molecular weight is 293 g/mol. The predicted molar refractivity (Wildman–Crippen MR) is 77.8 cm³/mol. The summed E-state index contributed by atoms with van der Waals surface area (Å²) in [4.78, 5) is 15.8. The molecule has 2 rings (SSSR count). The number of hydrogen-bond acceptors (Lipinski definition) is 6. The van der Waals surface area contributed by atoms with E-state index >= 15 is 0 Å². The SMILES string of the molecule is COc1ccccc1NC(=O)CCSc1n[nH]c(N)n1. The van der Waals surface area contributed by atoms with Crippen LogP contribution in [-0.2, 0) is 4.79 Å². The quantitative estimate of drug-likeness (QED) is 0.697. The second-order valence-electron chi connectivity index (χ2n) is 3.85. The van der Waals surface area contributed by atoms with Crippen LogP contribution in [0.4, 0.5) is 11.6 Å². The van der Waals surface area contributed by atoms with Gasteiger partial charge in [-0.2, -0.15) is 4.98 Å². The van der Waals surface area contributed by atoms with E-state index in [0.29, 0.717) is 28.8 Å². The zero-order valence-electron chi connectivity index (χ0n) is 10.9. The molecule has 2 aromatic rings. The number of H-pyrrole nitrogens is 1. The summed E-state index contributed by atoms with van der Waals surface area (Å²) >= 11 is 1.36. The number of carbonyl (C=O) groups excluding carboxylic acids is 1. The summed E-state index contributed by atoms with van der Waals surface area (Å²) in [5.74, 6) is 1.38. The zero-order valence-corrected chi connectivity index (χ0v) is 11.7. The highest BCUT2D eigenvalue weighted by atomic mass is 32.2. The fourth-order valence-electron chi connectivity index (χ4n) is 1.52. The van der Waals surface area contributed by atoms with Crippen LogP contribution in [0.2, 0.25) is 0 Å². The Bertz CT molecular complexity index is 587. The van der Waals surface area contributed by atoms with Crippen molar-refractivity contribution in [3.05, 3.63) is 24.3 Å². The van der Waals surface area contributed by atoms with Gasteiger partial charge < -0.3 is 15.8 Å². The van der Waals surface area contributed by atoms with Crippen LogP contribution in [-0.4, -0.2) is 34.0 Å². The van der Waals surface area contributed by atoms with Gasteiger partial charge in [-0.15, -0.1) is 5.10 Å². The summed E-state index contributed by atoms with van der Waals surface area (Å²) in [6, 6.07) is 7.27. The number of methoxy groups -OCH3 is 1. The minimum absolute atomic E-state index is 0.0921. The second-order valence-corrected chi connectivity index (χ2v) is 4.91. The van der Waals surface area contributed by atoms with Crippen molar-refractivity contribution >= 4 is 29.3 Å². The number of nitrogens with one attached hydrogen (secondary N) is 2. The summed E-state index contributed by atoms with van der Waals surface area (Å²) in [7, 11) is 1.56. The number of thioether (sulfide) groups is 1. The largest absolute Gasteiger partial charge is 0.495 e. The molecular weight excluding hydrogens is 278 g/mol. The van der Waals surface area contributed by atoms with E-state index < -0.39 is 0 Å².